The van der Waals surface area contributed by atoms with Crippen LogP contribution in [-0.4, -0.2) is 10.9 Å². The van der Waals surface area contributed by atoms with E-state index in [2.05, 4.69) is 17.2 Å². The van der Waals surface area contributed by atoms with Crippen LogP contribution in [-0.2, 0) is 11.2 Å². The predicted molar refractivity (Wildman–Crippen MR) is 85.9 cm³/mol. The molecule has 0 fully saturated rings. The van der Waals surface area contributed by atoms with Crippen LogP contribution in [0.25, 0.3) is 11.3 Å². The van der Waals surface area contributed by atoms with Gasteiger partial charge in [-0.15, -0.1) is 11.3 Å². The minimum atomic E-state index is -0.129. The Bertz CT molecular complexity index is 640. The molecule has 0 aliphatic heterocycles. The first kappa shape index (κ1) is 15.3. The van der Waals surface area contributed by atoms with Crippen LogP contribution < -0.4 is 5.32 Å². The van der Waals surface area contributed by atoms with Crippen LogP contribution in [0.2, 0.25) is 10.0 Å². The molecule has 1 heterocycles. The van der Waals surface area contributed by atoms with Gasteiger partial charge in [0.2, 0.25) is 5.91 Å². The second-order valence-electron chi connectivity index (χ2n) is 4.35. The van der Waals surface area contributed by atoms with Crippen molar-refractivity contribution < 1.29 is 4.79 Å². The van der Waals surface area contributed by atoms with Gasteiger partial charge in [0, 0.05) is 22.4 Å². The molecule has 3 nitrogen and oxygen atoms in total. The third-order valence-electron chi connectivity index (χ3n) is 2.64. The Morgan fingerprint density at radius 1 is 1.40 bits per heavy atom. The molecular weight excluding hydrogens is 315 g/mol. The van der Waals surface area contributed by atoms with Crippen molar-refractivity contribution >= 4 is 45.6 Å². The summed E-state index contributed by atoms with van der Waals surface area (Å²) in [6.45, 7) is 3.57. The van der Waals surface area contributed by atoms with E-state index in [9.17, 15) is 4.79 Å². The summed E-state index contributed by atoms with van der Waals surface area (Å²) in [5.41, 5.74) is 1.66. The smallest absolute Gasteiger partial charge is 0.223 e. The van der Waals surface area contributed by atoms with Crippen LogP contribution in [0.1, 0.15) is 25.1 Å². The minimum absolute atomic E-state index is 0.129. The number of halogens is 2. The standard InChI is InChI=1S/C14H14Cl2N2OS/c1-3-4-12-13(18-14(20-12)17-8(2)19)10-6-5-9(15)7-11(10)16/h5-7H,3-4H2,1-2H3,(H,17,18,19). The molecule has 1 aromatic carbocycles. The lowest BCUT2D eigenvalue weighted by Crippen LogP contribution is -2.04. The first-order chi connectivity index (χ1) is 9.51. The molecule has 0 unspecified atom stereocenters. The molecule has 6 heteroatoms. The van der Waals surface area contributed by atoms with Crippen LogP contribution in [0.15, 0.2) is 18.2 Å². The maximum atomic E-state index is 11.2. The maximum Gasteiger partial charge on any atom is 0.223 e. The highest BCUT2D eigenvalue weighted by Crippen LogP contribution is 2.36. The molecule has 0 spiro atoms. The van der Waals surface area contributed by atoms with E-state index in [1.54, 1.807) is 12.1 Å². The van der Waals surface area contributed by atoms with Gasteiger partial charge in [-0.05, 0) is 24.6 Å². The number of hydrogen-bond donors (Lipinski definition) is 1. The summed E-state index contributed by atoms with van der Waals surface area (Å²) in [5, 5.41) is 4.48. The first-order valence-corrected chi connectivity index (χ1v) is 7.81. The summed E-state index contributed by atoms with van der Waals surface area (Å²) in [6.07, 6.45) is 1.89. The average Bonchev–Trinajstić information content (AvgIpc) is 2.71. The maximum absolute atomic E-state index is 11.2. The third kappa shape index (κ3) is 3.51. The minimum Gasteiger partial charge on any atom is -0.302 e. The van der Waals surface area contributed by atoms with Gasteiger partial charge in [-0.3, -0.25) is 4.79 Å². The molecule has 1 aromatic heterocycles. The summed E-state index contributed by atoms with van der Waals surface area (Å²) in [5.74, 6) is -0.129. The van der Waals surface area contributed by atoms with Crippen LogP contribution in [0.3, 0.4) is 0 Å². The summed E-state index contributed by atoms with van der Waals surface area (Å²) < 4.78 is 0. The molecular formula is C14H14Cl2N2OS. The van der Waals surface area contributed by atoms with Crippen LogP contribution in [0, 0.1) is 0 Å². The van der Waals surface area contributed by atoms with Gasteiger partial charge in [-0.25, -0.2) is 4.98 Å². The lowest BCUT2D eigenvalue weighted by Gasteiger charge is -2.04. The number of aryl methyl sites for hydroxylation is 1. The second-order valence-corrected chi connectivity index (χ2v) is 6.27. The molecule has 0 bridgehead atoms. The number of rotatable bonds is 4. The Labute approximate surface area is 131 Å². The number of amides is 1. The zero-order valence-corrected chi connectivity index (χ0v) is 13.5. The van der Waals surface area contributed by atoms with E-state index in [-0.39, 0.29) is 5.91 Å². The van der Waals surface area contributed by atoms with Gasteiger partial charge in [-0.2, -0.15) is 0 Å². The molecule has 0 aliphatic rings. The van der Waals surface area contributed by atoms with Crippen LogP contribution >= 0.6 is 34.5 Å². The lowest BCUT2D eigenvalue weighted by atomic mass is 10.1. The Balaban J connectivity index is 2.47. The number of carbonyl (C=O) groups excluding carboxylic acids is 1. The van der Waals surface area contributed by atoms with Gasteiger partial charge in [0.05, 0.1) is 10.7 Å². The molecule has 0 radical (unpaired) electrons. The van der Waals surface area contributed by atoms with Crippen molar-refractivity contribution in [3.8, 4) is 11.3 Å². The normalized spacial score (nSPS) is 10.6. The largest absolute Gasteiger partial charge is 0.302 e. The van der Waals surface area contributed by atoms with E-state index in [1.807, 2.05) is 6.07 Å². The molecule has 2 aromatic rings. The van der Waals surface area contributed by atoms with Crippen molar-refractivity contribution in [2.45, 2.75) is 26.7 Å². The monoisotopic (exact) mass is 328 g/mol. The lowest BCUT2D eigenvalue weighted by molar-refractivity contribution is -0.114. The van der Waals surface area contributed by atoms with Crippen molar-refractivity contribution in [2.24, 2.45) is 0 Å². The topological polar surface area (TPSA) is 42.0 Å². The van der Waals surface area contributed by atoms with Gasteiger partial charge in [0.1, 0.15) is 0 Å². The Morgan fingerprint density at radius 3 is 2.75 bits per heavy atom. The van der Waals surface area contributed by atoms with Crippen LogP contribution in [0.5, 0.6) is 0 Å². The summed E-state index contributed by atoms with van der Waals surface area (Å²) in [7, 11) is 0. The fourth-order valence-electron chi connectivity index (χ4n) is 1.84. The zero-order valence-electron chi connectivity index (χ0n) is 11.2. The molecule has 0 aliphatic carbocycles. The van der Waals surface area contributed by atoms with Crippen molar-refractivity contribution in [3.63, 3.8) is 0 Å². The van der Waals surface area contributed by atoms with E-state index in [1.165, 1.54) is 18.3 Å². The fraction of sp³-hybridized carbons (Fsp3) is 0.286. The van der Waals surface area contributed by atoms with Crippen molar-refractivity contribution in [3.05, 3.63) is 33.1 Å². The fourth-order valence-corrected chi connectivity index (χ4v) is 3.47. The Morgan fingerprint density at radius 2 is 2.15 bits per heavy atom. The zero-order chi connectivity index (χ0) is 14.7. The number of anilines is 1. The number of nitrogens with zero attached hydrogens (tertiary/aromatic N) is 1. The SMILES string of the molecule is CCCc1sc(NC(C)=O)nc1-c1ccc(Cl)cc1Cl. The van der Waals surface area contributed by atoms with E-state index in [4.69, 9.17) is 23.2 Å². The van der Waals surface area contributed by atoms with E-state index >= 15 is 0 Å². The van der Waals surface area contributed by atoms with E-state index in [0.29, 0.717) is 15.2 Å². The molecule has 0 atom stereocenters. The van der Waals surface area contributed by atoms with Gasteiger partial charge in [-0.1, -0.05) is 36.5 Å². The second kappa shape index (κ2) is 6.57. The predicted octanol–water partition coefficient (Wildman–Crippen LogP) is 5.03. The molecule has 0 saturated heterocycles. The molecule has 1 N–H and O–H groups in total. The molecule has 1 amide bonds. The highest BCUT2D eigenvalue weighted by Gasteiger charge is 2.15. The number of benzene rings is 1. The van der Waals surface area contributed by atoms with Crippen molar-refractivity contribution in [2.75, 3.05) is 5.32 Å². The van der Waals surface area contributed by atoms with E-state index < -0.39 is 0 Å². The van der Waals surface area contributed by atoms with Crippen molar-refractivity contribution in [1.82, 2.24) is 4.98 Å². The van der Waals surface area contributed by atoms with Gasteiger partial charge in [0.25, 0.3) is 0 Å². The van der Waals surface area contributed by atoms with Gasteiger partial charge >= 0.3 is 0 Å². The average molecular weight is 329 g/mol. The highest BCUT2D eigenvalue weighted by molar-refractivity contribution is 7.16. The number of thiazole rings is 1. The van der Waals surface area contributed by atoms with Gasteiger partial charge in [0.15, 0.2) is 5.13 Å². The van der Waals surface area contributed by atoms with E-state index in [0.717, 1.165) is 29.0 Å². The number of aromatic nitrogens is 1. The number of nitrogens with one attached hydrogen (secondary N) is 1. The molecule has 20 heavy (non-hydrogen) atoms. The Kier molecular flexibility index (Phi) is 5.02. The third-order valence-corrected chi connectivity index (χ3v) is 4.22. The van der Waals surface area contributed by atoms with Crippen LogP contribution in [0.4, 0.5) is 5.13 Å². The Hall–Kier alpha value is -1.10. The molecule has 0 saturated carbocycles. The highest BCUT2D eigenvalue weighted by atomic mass is 35.5. The quantitative estimate of drug-likeness (QED) is 0.855. The summed E-state index contributed by atoms with van der Waals surface area (Å²) >= 11 is 13.6. The number of hydrogen-bond acceptors (Lipinski definition) is 3. The first-order valence-electron chi connectivity index (χ1n) is 6.24. The molecule has 106 valence electrons. The summed E-state index contributed by atoms with van der Waals surface area (Å²) in [6, 6.07) is 5.35. The summed E-state index contributed by atoms with van der Waals surface area (Å²) in [4.78, 5) is 16.8. The number of carbonyl (C=O) groups is 1. The molecule has 2 rings (SSSR count). The van der Waals surface area contributed by atoms with Gasteiger partial charge < -0.3 is 5.32 Å². The van der Waals surface area contributed by atoms with Crippen molar-refractivity contribution in [1.29, 1.82) is 0 Å².